The van der Waals surface area contributed by atoms with E-state index < -0.39 is 10.0 Å². The van der Waals surface area contributed by atoms with E-state index in [2.05, 4.69) is 14.9 Å². The van der Waals surface area contributed by atoms with Crippen LogP contribution in [-0.4, -0.2) is 34.5 Å². The zero-order valence-electron chi connectivity index (χ0n) is 19.2. The Kier molecular flexibility index (Phi) is 7.37. The molecular weight excluding hydrogens is 450 g/mol. The fraction of sp³-hybridized carbons (Fsp3) is 0.269. The maximum Gasteiger partial charge on any atom is 0.264 e. The van der Waals surface area contributed by atoms with E-state index in [1.165, 1.54) is 13.2 Å². The molecule has 0 radical (unpaired) electrons. The number of amides is 1. The molecule has 1 amide bonds. The summed E-state index contributed by atoms with van der Waals surface area (Å²) < 4.78 is 34.9. The molecule has 34 heavy (non-hydrogen) atoms. The molecule has 0 aromatic heterocycles. The average molecular weight is 480 g/mol. The van der Waals surface area contributed by atoms with Crippen LogP contribution in [-0.2, 0) is 21.2 Å². The van der Waals surface area contributed by atoms with Gasteiger partial charge in [-0.2, -0.15) is 0 Å². The Morgan fingerprint density at radius 3 is 2.41 bits per heavy atom. The van der Waals surface area contributed by atoms with Crippen LogP contribution in [0.2, 0.25) is 0 Å². The van der Waals surface area contributed by atoms with Crippen molar-refractivity contribution in [3.05, 3.63) is 78.4 Å². The molecule has 0 atom stereocenters. The number of ether oxygens (including phenoxy) is 1. The lowest BCUT2D eigenvalue weighted by atomic mass is 10.1. The van der Waals surface area contributed by atoms with Crippen LogP contribution in [0.4, 0.5) is 17.1 Å². The van der Waals surface area contributed by atoms with Crippen molar-refractivity contribution in [2.24, 2.45) is 0 Å². The summed E-state index contributed by atoms with van der Waals surface area (Å²) in [7, 11) is -2.46. The molecule has 1 saturated heterocycles. The summed E-state index contributed by atoms with van der Waals surface area (Å²) in [6.45, 7) is 1.58. The van der Waals surface area contributed by atoms with Crippen LogP contribution in [0.25, 0.3) is 0 Å². The third kappa shape index (κ3) is 5.69. The van der Waals surface area contributed by atoms with Crippen LogP contribution in [0.3, 0.4) is 0 Å². The number of hydrogen-bond acceptors (Lipinski definition) is 5. The molecule has 8 heteroatoms. The van der Waals surface area contributed by atoms with Gasteiger partial charge < -0.3 is 15.0 Å². The summed E-state index contributed by atoms with van der Waals surface area (Å²) in [4.78, 5) is 14.8. The standard InChI is InChI=1S/C26H29N3O4S/c1-33-24-12-6-5-11-22(24)28-34(31,32)25-19-21(14-15-23(25)29-17-7-8-18-29)27-26(30)16-13-20-9-3-2-4-10-20/h2-6,9-12,14-15,19,28H,7-8,13,16-18H2,1H3,(H,27,30). The molecule has 1 fully saturated rings. The van der Waals surface area contributed by atoms with Gasteiger partial charge in [-0.15, -0.1) is 0 Å². The molecule has 3 aromatic carbocycles. The highest BCUT2D eigenvalue weighted by molar-refractivity contribution is 7.93. The van der Waals surface area contributed by atoms with Gasteiger partial charge in [0.2, 0.25) is 5.91 Å². The lowest BCUT2D eigenvalue weighted by Crippen LogP contribution is -2.23. The summed E-state index contributed by atoms with van der Waals surface area (Å²) in [5.74, 6) is 0.262. The molecule has 0 bridgehead atoms. The van der Waals surface area contributed by atoms with Crippen LogP contribution in [0.15, 0.2) is 77.7 Å². The maximum atomic E-state index is 13.5. The highest BCUT2D eigenvalue weighted by Gasteiger charge is 2.25. The number of para-hydroxylation sites is 2. The number of hydrogen-bond donors (Lipinski definition) is 2. The first-order valence-corrected chi connectivity index (χ1v) is 12.8. The number of nitrogens with one attached hydrogen (secondary N) is 2. The van der Waals surface area contributed by atoms with E-state index in [-0.39, 0.29) is 10.8 Å². The van der Waals surface area contributed by atoms with Gasteiger partial charge in [-0.3, -0.25) is 9.52 Å². The normalized spacial score (nSPS) is 13.5. The number of carbonyl (C=O) groups excluding carboxylic acids is 1. The van der Waals surface area contributed by atoms with Gasteiger partial charge in [-0.25, -0.2) is 8.42 Å². The van der Waals surface area contributed by atoms with Crippen molar-refractivity contribution in [1.29, 1.82) is 0 Å². The number of methoxy groups -OCH3 is 1. The van der Waals surface area contributed by atoms with E-state index in [9.17, 15) is 13.2 Å². The molecule has 2 N–H and O–H groups in total. The summed E-state index contributed by atoms with van der Waals surface area (Å²) in [6.07, 6.45) is 2.94. The Labute approximate surface area is 200 Å². The smallest absolute Gasteiger partial charge is 0.264 e. The van der Waals surface area contributed by atoms with E-state index >= 15 is 0 Å². The topological polar surface area (TPSA) is 87.7 Å². The Balaban J connectivity index is 1.58. The van der Waals surface area contributed by atoms with Gasteiger partial charge in [0, 0.05) is 25.2 Å². The second-order valence-corrected chi connectivity index (χ2v) is 9.87. The van der Waals surface area contributed by atoms with Crippen molar-refractivity contribution < 1.29 is 17.9 Å². The Hall–Kier alpha value is -3.52. The number of carbonyl (C=O) groups is 1. The quantitative estimate of drug-likeness (QED) is 0.466. The number of anilines is 3. The number of benzene rings is 3. The lowest BCUT2D eigenvalue weighted by Gasteiger charge is -2.23. The molecule has 3 aromatic rings. The van der Waals surface area contributed by atoms with Crippen molar-refractivity contribution in [2.45, 2.75) is 30.6 Å². The van der Waals surface area contributed by atoms with Gasteiger partial charge in [0.1, 0.15) is 10.6 Å². The van der Waals surface area contributed by atoms with Gasteiger partial charge in [0.15, 0.2) is 0 Å². The third-order valence-electron chi connectivity index (χ3n) is 5.81. The number of rotatable bonds is 9. The van der Waals surface area contributed by atoms with Crippen molar-refractivity contribution >= 4 is 33.0 Å². The highest BCUT2D eigenvalue weighted by Crippen LogP contribution is 2.34. The van der Waals surface area contributed by atoms with Gasteiger partial charge in [0.05, 0.1) is 18.5 Å². The second kappa shape index (κ2) is 10.6. The summed E-state index contributed by atoms with van der Waals surface area (Å²) in [5.41, 5.74) is 2.50. The van der Waals surface area contributed by atoms with Crippen LogP contribution >= 0.6 is 0 Å². The van der Waals surface area contributed by atoms with Crippen molar-refractivity contribution in [2.75, 3.05) is 35.1 Å². The largest absolute Gasteiger partial charge is 0.495 e. The second-order valence-electron chi connectivity index (χ2n) is 8.22. The van der Waals surface area contributed by atoms with E-state index in [1.807, 2.05) is 30.3 Å². The molecular formula is C26H29N3O4S. The molecule has 1 aliphatic heterocycles. The van der Waals surface area contributed by atoms with Gasteiger partial charge in [-0.05, 0) is 55.2 Å². The SMILES string of the molecule is COc1ccccc1NS(=O)(=O)c1cc(NC(=O)CCc2ccccc2)ccc1N1CCCC1. The number of nitrogens with zero attached hydrogens (tertiary/aromatic N) is 1. The molecule has 0 unspecified atom stereocenters. The van der Waals surface area contributed by atoms with Gasteiger partial charge in [0.25, 0.3) is 10.0 Å². The molecule has 1 aliphatic rings. The minimum Gasteiger partial charge on any atom is -0.495 e. The molecule has 7 nitrogen and oxygen atoms in total. The Morgan fingerprint density at radius 2 is 1.68 bits per heavy atom. The predicted octanol–water partition coefficient (Wildman–Crippen LogP) is 4.67. The number of aryl methyl sites for hydroxylation is 1. The summed E-state index contributed by atoms with van der Waals surface area (Å²) in [6, 6.07) is 21.7. The van der Waals surface area contributed by atoms with Crippen LogP contribution in [0.1, 0.15) is 24.8 Å². The average Bonchev–Trinajstić information content (AvgIpc) is 3.38. The first kappa shape index (κ1) is 23.6. The Bertz CT molecular complexity index is 1240. The van der Waals surface area contributed by atoms with E-state index in [0.717, 1.165) is 31.5 Å². The minimum absolute atomic E-state index is 0.126. The maximum absolute atomic E-state index is 13.5. The zero-order valence-corrected chi connectivity index (χ0v) is 20.0. The number of sulfonamides is 1. The van der Waals surface area contributed by atoms with E-state index in [1.54, 1.807) is 36.4 Å². The fourth-order valence-corrected chi connectivity index (χ4v) is 5.40. The summed E-state index contributed by atoms with van der Waals surface area (Å²) >= 11 is 0. The third-order valence-corrected chi connectivity index (χ3v) is 7.21. The van der Waals surface area contributed by atoms with Gasteiger partial charge >= 0.3 is 0 Å². The molecule has 178 valence electrons. The fourth-order valence-electron chi connectivity index (χ4n) is 4.08. The monoisotopic (exact) mass is 479 g/mol. The molecule has 0 spiro atoms. The summed E-state index contributed by atoms with van der Waals surface area (Å²) in [5, 5.41) is 2.85. The van der Waals surface area contributed by atoms with Crippen LogP contribution in [0.5, 0.6) is 5.75 Å². The van der Waals surface area contributed by atoms with E-state index in [0.29, 0.717) is 35.7 Å². The predicted molar refractivity (Wildman–Crippen MR) is 135 cm³/mol. The van der Waals surface area contributed by atoms with Crippen LogP contribution < -0.4 is 19.7 Å². The Morgan fingerprint density at radius 1 is 0.971 bits per heavy atom. The van der Waals surface area contributed by atoms with Crippen molar-refractivity contribution in [1.82, 2.24) is 0 Å². The molecule has 0 saturated carbocycles. The first-order valence-electron chi connectivity index (χ1n) is 11.3. The molecule has 4 rings (SSSR count). The molecule has 1 heterocycles. The highest BCUT2D eigenvalue weighted by atomic mass is 32.2. The van der Waals surface area contributed by atoms with Gasteiger partial charge in [-0.1, -0.05) is 42.5 Å². The zero-order chi connectivity index (χ0) is 24.0. The minimum atomic E-state index is -3.95. The van der Waals surface area contributed by atoms with Crippen LogP contribution in [0, 0.1) is 0 Å². The molecule has 0 aliphatic carbocycles. The van der Waals surface area contributed by atoms with Crippen molar-refractivity contribution in [3.63, 3.8) is 0 Å². The first-order chi connectivity index (χ1) is 16.5. The van der Waals surface area contributed by atoms with Crippen molar-refractivity contribution in [3.8, 4) is 5.75 Å². The van der Waals surface area contributed by atoms with E-state index in [4.69, 9.17) is 4.74 Å². The lowest BCUT2D eigenvalue weighted by molar-refractivity contribution is -0.116.